The molecule has 0 spiro atoms. The van der Waals surface area contributed by atoms with Crippen LogP contribution in [-0.2, 0) is 4.74 Å². The molecule has 1 aliphatic carbocycles. The van der Waals surface area contributed by atoms with Crippen molar-refractivity contribution in [1.29, 1.82) is 0 Å². The first-order chi connectivity index (χ1) is 9.58. The summed E-state index contributed by atoms with van der Waals surface area (Å²) >= 11 is 4.70. The van der Waals surface area contributed by atoms with Gasteiger partial charge in [0.05, 0.1) is 12.7 Å². The predicted octanol–water partition coefficient (Wildman–Crippen LogP) is 2.97. The van der Waals surface area contributed by atoms with Crippen LogP contribution in [0, 0.1) is 11.6 Å². The van der Waals surface area contributed by atoms with Crippen molar-refractivity contribution >= 4 is 22.9 Å². The van der Waals surface area contributed by atoms with Crippen LogP contribution in [0.5, 0.6) is 0 Å². The van der Waals surface area contributed by atoms with Gasteiger partial charge in [-0.15, -0.1) is 0 Å². The van der Waals surface area contributed by atoms with Gasteiger partial charge in [0.15, 0.2) is 0 Å². The second-order valence-electron chi connectivity index (χ2n) is 4.88. The molecule has 3 N–H and O–H groups in total. The van der Waals surface area contributed by atoms with Gasteiger partial charge in [-0.2, -0.15) is 0 Å². The fourth-order valence-corrected chi connectivity index (χ4v) is 2.46. The molecule has 3 nitrogen and oxygen atoms in total. The highest BCUT2D eigenvalue weighted by atomic mass is 32.1. The quantitative estimate of drug-likeness (QED) is 0.626. The molecule has 2 rings (SSSR count). The number of hydrogen-bond acceptors (Lipinski definition) is 3. The largest absolute Gasteiger partial charge is 0.389 e. The van der Waals surface area contributed by atoms with E-state index in [-0.39, 0.29) is 16.2 Å². The molecular weight excluding hydrogens is 282 g/mol. The molecule has 6 heteroatoms. The van der Waals surface area contributed by atoms with E-state index in [4.69, 9.17) is 22.7 Å². The molecule has 0 bridgehead atoms. The van der Waals surface area contributed by atoms with Crippen LogP contribution in [0.15, 0.2) is 12.1 Å². The minimum atomic E-state index is -0.700. The smallest absolute Gasteiger partial charge is 0.150 e. The van der Waals surface area contributed by atoms with E-state index >= 15 is 0 Å². The van der Waals surface area contributed by atoms with Crippen molar-refractivity contribution in [2.75, 3.05) is 18.5 Å². The van der Waals surface area contributed by atoms with Gasteiger partial charge >= 0.3 is 0 Å². The van der Waals surface area contributed by atoms with Crippen molar-refractivity contribution in [2.24, 2.45) is 5.73 Å². The lowest BCUT2D eigenvalue weighted by Crippen LogP contribution is -2.17. The minimum Gasteiger partial charge on any atom is -0.389 e. The van der Waals surface area contributed by atoms with Crippen LogP contribution in [0.1, 0.15) is 31.2 Å². The molecule has 0 aliphatic heterocycles. The number of ether oxygens (including phenoxy) is 1. The number of thiocarbonyl (C=S) groups is 1. The zero-order valence-electron chi connectivity index (χ0n) is 11.1. The highest BCUT2D eigenvalue weighted by Crippen LogP contribution is 2.22. The van der Waals surface area contributed by atoms with E-state index < -0.39 is 11.6 Å². The summed E-state index contributed by atoms with van der Waals surface area (Å²) in [4.78, 5) is -0.0288. The maximum Gasteiger partial charge on any atom is 0.150 e. The van der Waals surface area contributed by atoms with Crippen molar-refractivity contribution < 1.29 is 13.5 Å². The minimum absolute atomic E-state index is 0.0288. The molecule has 1 aromatic rings. The Labute approximate surface area is 122 Å². The van der Waals surface area contributed by atoms with E-state index in [9.17, 15) is 8.78 Å². The Kier molecular flexibility index (Phi) is 5.25. The number of hydrogen-bond donors (Lipinski definition) is 2. The summed E-state index contributed by atoms with van der Waals surface area (Å²) in [7, 11) is 0. The lowest BCUT2D eigenvalue weighted by molar-refractivity contribution is 0.0658. The summed E-state index contributed by atoms with van der Waals surface area (Å²) in [5.41, 5.74) is 5.37. The molecule has 0 amide bonds. The van der Waals surface area contributed by atoms with E-state index in [2.05, 4.69) is 5.32 Å². The molecule has 0 heterocycles. The second kappa shape index (κ2) is 6.95. The number of rotatable bonds is 6. The van der Waals surface area contributed by atoms with Gasteiger partial charge in [-0.25, -0.2) is 8.78 Å². The summed E-state index contributed by atoms with van der Waals surface area (Å²) in [6.45, 7) is 0.789. The van der Waals surface area contributed by atoms with Gasteiger partial charge < -0.3 is 15.8 Å². The van der Waals surface area contributed by atoms with Gasteiger partial charge in [-0.1, -0.05) is 25.1 Å². The van der Waals surface area contributed by atoms with E-state index in [1.54, 1.807) is 0 Å². The highest BCUT2D eigenvalue weighted by Gasteiger charge is 2.15. The SMILES string of the molecule is NC(=S)c1cc(F)c(NCCOC2CCCC2)c(F)c1. The number of benzene rings is 1. The Morgan fingerprint density at radius 3 is 2.45 bits per heavy atom. The average Bonchev–Trinajstić information content (AvgIpc) is 2.89. The molecule has 0 atom stereocenters. The van der Waals surface area contributed by atoms with Crippen LogP contribution in [0.4, 0.5) is 14.5 Å². The third kappa shape index (κ3) is 3.86. The molecule has 1 saturated carbocycles. The zero-order valence-corrected chi connectivity index (χ0v) is 11.9. The number of anilines is 1. The van der Waals surface area contributed by atoms with E-state index in [1.165, 1.54) is 12.8 Å². The Balaban J connectivity index is 1.87. The summed E-state index contributed by atoms with van der Waals surface area (Å²) < 4.78 is 33.1. The van der Waals surface area contributed by atoms with Gasteiger partial charge in [0.25, 0.3) is 0 Å². The Morgan fingerprint density at radius 2 is 1.90 bits per heavy atom. The van der Waals surface area contributed by atoms with Gasteiger partial charge in [0.2, 0.25) is 0 Å². The average molecular weight is 300 g/mol. The fraction of sp³-hybridized carbons (Fsp3) is 0.500. The third-order valence-electron chi connectivity index (χ3n) is 3.39. The maximum absolute atomic E-state index is 13.7. The maximum atomic E-state index is 13.7. The predicted molar refractivity (Wildman–Crippen MR) is 78.9 cm³/mol. The number of nitrogens with one attached hydrogen (secondary N) is 1. The van der Waals surface area contributed by atoms with E-state index in [1.807, 2.05) is 0 Å². The van der Waals surface area contributed by atoms with Crippen LogP contribution in [0.2, 0.25) is 0 Å². The van der Waals surface area contributed by atoms with Crippen molar-refractivity contribution in [3.63, 3.8) is 0 Å². The Morgan fingerprint density at radius 1 is 1.30 bits per heavy atom. The van der Waals surface area contributed by atoms with Crippen LogP contribution >= 0.6 is 12.2 Å². The number of halogens is 2. The van der Waals surface area contributed by atoms with Gasteiger partial charge in [-0.3, -0.25) is 0 Å². The molecule has 1 aliphatic rings. The van der Waals surface area contributed by atoms with Gasteiger partial charge in [0.1, 0.15) is 22.3 Å². The van der Waals surface area contributed by atoms with Crippen molar-refractivity contribution in [3.8, 4) is 0 Å². The Hall–Kier alpha value is -1.27. The van der Waals surface area contributed by atoms with Crippen LogP contribution in [0.25, 0.3) is 0 Å². The number of nitrogens with two attached hydrogens (primary N) is 1. The van der Waals surface area contributed by atoms with Gasteiger partial charge in [0, 0.05) is 12.1 Å². The lowest BCUT2D eigenvalue weighted by atomic mass is 10.2. The van der Waals surface area contributed by atoms with Crippen molar-refractivity contribution in [1.82, 2.24) is 0 Å². The van der Waals surface area contributed by atoms with Gasteiger partial charge in [-0.05, 0) is 25.0 Å². The van der Waals surface area contributed by atoms with Crippen LogP contribution < -0.4 is 11.1 Å². The van der Waals surface area contributed by atoms with E-state index in [0.717, 1.165) is 25.0 Å². The standard InChI is InChI=1S/C14H18F2N2OS/c15-11-7-9(14(17)20)8-12(16)13(11)18-5-6-19-10-3-1-2-4-10/h7-8,10,18H,1-6H2,(H2,17,20). The third-order valence-corrected chi connectivity index (χ3v) is 3.62. The molecule has 1 fully saturated rings. The van der Waals surface area contributed by atoms with Crippen molar-refractivity contribution in [3.05, 3.63) is 29.3 Å². The summed E-state index contributed by atoms with van der Waals surface area (Å²) in [5.74, 6) is -1.40. The summed E-state index contributed by atoms with van der Waals surface area (Å²) in [6.07, 6.45) is 4.84. The second-order valence-corrected chi connectivity index (χ2v) is 5.32. The van der Waals surface area contributed by atoms with Crippen LogP contribution in [-0.4, -0.2) is 24.2 Å². The fourth-order valence-electron chi connectivity index (χ4n) is 2.34. The first kappa shape index (κ1) is 15.1. The highest BCUT2D eigenvalue weighted by molar-refractivity contribution is 7.80. The summed E-state index contributed by atoms with van der Waals surface area (Å²) in [6, 6.07) is 2.26. The molecule has 20 heavy (non-hydrogen) atoms. The molecule has 0 radical (unpaired) electrons. The monoisotopic (exact) mass is 300 g/mol. The molecular formula is C14H18F2N2OS. The topological polar surface area (TPSA) is 47.3 Å². The molecule has 0 aromatic heterocycles. The zero-order chi connectivity index (χ0) is 14.5. The van der Waals surface area contributed by atoms with Crippen LogP contribution in [0.3, 0.4) is 0 Å². The van der Waals surface area contributed by atoms with Crippen molar-refractivity contribution in [2.45, 2.75) is 31.8 Å². The molecule has 0 saturated heterocycles. The molecule has 1 aromatic carbocycles. The molecule has 0 unspecified atom stereocenters. The van der Waals surface area contributed by atoms with E-state index in [0.29, 0.717) is 19.3 Å². The molecule has 110 valence electrons. The Bertz CT molecular complexity index is 467. The lowest BCUT2D eigenvalue weighted by Gasteiger charge is -2.13. The normalized spacial score (nSPS) is 15.5. The first-order valence-electron chi connectivity index (χ1n) is 6.72. The first-order valence-corrected chi connectivity index (χ1v) is 7.13. The summed E-state index contributed by atoms with van der Waals surface area (Å²) in [5, 5.41) is 2.71.